The van der Waals surface area contributed by atoms with E-state index >= 15 is 0 Å². The number of nitrogens with two attached hydrogens (primary N) is 1. The summed E-state index contributed by atoms with van der Waals surface area (Å²) in [6.45, 7) is 1.55. The van der Waals surface area contributed by atoms with Gasteiger partial charge >= 0.3 is 0 Å². The highest BCUT2D eigenvalue weighted by atomic mass is 19.1. The number of hydrogen-bond donors (Lipinski definition) is 1. The normalized spacial score (nSPS) is 24.3. The molecule has 2 fully saturated rings. The summed E-state index contributed by atoms with van der Waals surface area (Å²) in [7, 11) is 0. The van der Waals surface area contributed by atoms with E-state index in [9.17, 15) is 18.4 Å². The van der Waals surface area contributed by atoms with Gasteiger partial charge in [0, 0.05) is 44.2 Å². The number of halogens is 2. The molecule has 1 saturated carbocycles. The van der Waals surface area contributed by atoms with Crippen molar-refractivity contribution < 1.29 is 18.4 Å². The van der Waals surface area contributed by atoms with E-state index in [0.717, 1.165) is 31.4 Å². The Hall–Kier alpha value is -2.02. The second kappa shape index (κ2) is 6.84. The van der Waals surface area contributed by atoms with Gasteiger partial charge in [0.15, 0.2) is 0 Å². The summed E-state index contributed by atoms with van der Waals surface area (Å²) in [4.78, 5) is 28.1. The SMILES string of the molecule is NC1CCC(C(=O)N2CCN(C(=O)c3ccc(F)cc3F)CC2)C1. The number of carbonyl (C=O) groups is 2. The van der Waals surface area contributed by atoms with Crippen LogP contribution in [0.15, 0.2) is 18.2 Å². The molecule has 3 rings (SSSR count). The fourth-order valence-electron chi connectivity index (χ4n) is 3.46. The van der Waals surface area contributed by atoms with Crippen LogP contribution in [0.3, 0.4) is 0 Å². The monoisotopic (exact) mass is 337 g/mol. The highest BCUT2D eigenvalue weighted by Gasteiger charge is 2.33. The van der Waals surface area contributed by atoms with Gasteiger partial charge < -0.3 is 15.5 Å². The standard InChI is InChI=1S/C17H21F2N3O2/c18-12-2-4-14(15(19)10-12)17(24)22-7-5-21(6-8-22)16(23)11-1-3-13(20)9-11/h2,4,10-11,13H,1,3,5-9,20H2. The molecule has 2 amide bonds. The average molecular weight is 337 g/mol. The van der Waals surface area contributed by atoms with Crippen LogP contribution in [0.25, 0.3) is 0 Å². The van der Waals surface area contributed by atoms with Crippen LogP contribution in [0.5, 0.6) is 0 Å². The second-order valence-electron chi connectivity index (χ2n) is 6.51. The Labute approximate surface area is 139 Å². The smallest absolute Gasteiger partial charge is 0.256 e. The predicted molar refractivity (Wildman–Crippen MR) is 84.2 cm³/mol. The number of carbonyl (C=O) groups excluding carboxylic acids is 2. The lowest BCUT2D eigenvalue weighted by Crippen LogP contribution is -2.52. The number of hydrogen-bond acceptors (Lipinski definition) is 3. The number of amides is 2. The predicted octanol–water partition coefficient (Wildman–Crippen LogP) is 1.38. The fourth-order valence-corrected chi connectivity index (χ4v) is 3.46. The Morgan fingerprint density at radius 2 is 1.71 bits per heavy atom. The quantitative estimate of drug-likeness (QED) is 0.886. The lowest BCUT2D eigenvalue weighted by Gasteiger charge is -2.36. The molecule has 2 unspecified atom stereocenters. The Morgan fingerprint density at radius 1 is 1.04 bits per heavy atom. The summed E-state index contributed by atoms with van der Waals surface area (Å²) in [5.74, 6) is -1.96. The molecule has 0 aromatic heterocycles. The van der Waals surface area contributed by atoms with Gasteiger partial charge in [-0.3, -0.25) is 9.59 Å². The third kappa shape index (κ3) is 3.40. The van der Waals surface area contributed by atoms with Crippen molar-refractivity contribution in [3.8, 4) is 0 Å². The highest BCUT2D eigenvalue weighted by molar-refractivity contribution is 5.94. The van der Waals surface area contributed by atoms with Crippen LogP contribution in [0, 0.1) is 17.6 Å². The zero-order valence-electron chi connectivity index (χ0n) is 13.4. The van der Waals surface area contributed by atoms with E-state index in [2.05, 4.69) is 0 Å². The Morgan fingerprint density at radius 3 is 2.29 bits per heavy atom. The van der Waals surface area contributed by atoms with Crippen LogP contribution >= 0.6 is 0 Å². The van der Waals surface area contributed by atoms with Gasteiger partial charge in [-0.2, -0.15) is 0 Å². The van der Waals surface area contributed by atoms with E-state index < -0.39 is 17.5 Å². The number of piperazine rings is 1. The maximum atomic E-state index is 13.7. The van der Waals surface area contributed by atoms with Gasteiger partial charge in [0.2, 0.25) is 5.91 Å². The Balaban J connectivity index is 1.58. The minimum absolute atomic E-state index is 0.0169. The van der Waals surface area contributed by atoms with Crippen LogP contribution < -0.4 is 5.73 Å². The molecule has 1 aromatic rings. The van der Waals surface area contributed by atoms with E-state index in [0.29, 0.717) is 32.2 Å². The van der Waals surface area contributed by atoms with E-state index in [1.807, 2.05) is 0 Å². The summed E-state index contributed by atoms with van der Waals surface area (Å²) < 4.78 is 26.7. The van der Waals surface area contributed by atoms with Crippen LogP contribution in [-0.4, -0.2) is 53.8 Å². The molecule has 2 aliphatic rings. The molecule has 5 nitrogen and oxygen atoms in total. The topological polar surface area (TPSA) is 66.6 Å². The average Bonchev–Trinajstić information content (AvgIpc) is 3.00. The maximum Gasteiger partial charge on any atom is 0.256 e. The van der Waals surface area contributed by atoms with Crippen molar-refractivity contribution in [3.63, 3.8) is 0 Å². The molecule has 0 spiro atoms. The molecule has 1 aliphatic heterocycles. The summed E-state index contributed by atoms with van der Waals surface area (Å²) >= 11 is 0. The molecule has 2 N–H and O–H groups in total. The van der Waals surface area contributed by atoms with Crippen molar-refractivity contribution in [1.29, 1.82) is 0 Å². The van der Waals surface area contributed by atoms with Crippen molar-refractivity contribution in [1.82, 2.24) is 9.80 Å². The van der Waals surface area contributed by atoms with Crippen LogP contribution in [0.1, 0.15) is 29.6 Å². The summed E-state index contributed by atoms with van der Waals surface area (Å²) in [6.07, 6.45) is 2.41. The maximum absolute atomic E-state index is 13.7. The summed E-state index contributed by atoms with van der Waals surface area (Å²) in [5.41, 5.74) is 5.72. The van der Waals surface area contributed by atoms with Crippen molar-refractivity contribution >= 4 is 11.8 Å². The largest absolute Gasteiger partial charge is 0.339 e. The molecular formula is C17H21F2N3O2. The lowest BCUT2D eigenvalue weighted by atomic mass is 10.1. The zero-order valence-corrected chi connectivity index (χ0v) is 13.4. The molecule has 1 aromatic carbocycles. The molecule has 24 heavy (non-hydrogen) atoms. The number of rotatable bonds is 2. The fraction of sp³-hybridized carbons (Fsp3) is 0.529. The van der Waals surface area contributed by atoms with Gasteiger partial charge in [-0.05, 0) is 31.4 Å². The third-order valence-corrected chi connectivity index (χ3v) is 4.86. The van der Waals surface area contributed by atoms with E-state index in [-0.39, 0.29) is 23.4 Å². The van der Waals surface area contributed by atoms with E-state index in [1.165, 1.54) is 4.90 Å². The van der Waals surface area contributed by atoms with E-state index in [1.54, 1.807) is 4.90 Å². The summed E-state index contributed by atoms with van der Waals surface area (Å²) in [6, 6.07) is 3.03. The molecule has 7 heteroatoms. The van der Waals surface area contributed by atoms with Crippen molar-refractivity contribution in [2.75, 3.05) is 26.2 Å². The molecule has 0 bridgehead atoms. The first kappa shape index (κ1) is 16.8. The molecule has 0 radical (unpaired) electrons. The summed E-state index contributed by atoms with van der Waals surface area (Å²) in [5, 5.41) is 0. The van der Waals surface area contributed by atoms with Crippen LogP contribution in [-0.2, 0) is 4.79 Å². The first-order valence-electron chi connectivity index (χ1n) is 8.24. The van der Waals surface area contributed by atoms with E-state index in [4.69, 9.17) is 5.73 Å². The lowest BCUT2D eigenvalue weighted by molar-refractivity contribution is -0.136. The minimum atomic E-state index is -0.863. The molecule has 1 aliphatic carbocycles. The van der Waals surface area contributed by atoms with Crippen molar-refractivity contribution in [2.45, 2.75) is 25.3 Å². The zero-order chi connectivity index (χ0) is 17.3. The minimum Gasteiger partial charge on any atom is -0.339 e. The molecular weight excluding hydrogens is 316 g/mol. The number of nitrogens with zero attached hydrogens (tertiary/aromatic N) is 2. The van der Waals surface area contributed by atoms with Gasteiger partial charge in [0.1, 0.15) is 11.6 Å². The molecule has 1 saturated heterocycles. The van der Waals surface area contributed by atoms with Crippen molar-refractivity contribution in [2.24, 2.45) is 11.7 Å². The Bertz CT molecular complexity index is 645. The molecule has 1 heterocycles. The molecule has 2 atom stereocenters. The Kier molecular flexibility index (Phi) is 4.80. The van der Waals surface area contributed by atoms with Crippen LogP contribution in [0.2, 0.25) is 0 Å². The van der Waals surface area contributed by atoms with Crippen molar-refractivity contribution in [3.05, 3.63) is 35.4 Å². The first-order valence-corrected chi connectivity index (χ1v) is 8.24. The highest BCUT2D eigenvalue weighted by Crippen LogP contribution is 2.26. The second-order valence-corrected chi connectivity index (χ2v) is 6.51. The van der Waals surface area contributed by atoms with Gasteiger partial charge in [-0.1, -0.05) is 0 Å². The van der Waals surface area contributed by atoms with Gasteiger partial charge in [-0.25, -0.2) is 8.78 Å². The van der Waals surface area contributed by atoms with Gasteiger partial charge in [0.25, 0.3) is 5.91 Å². The first-order chi connectivity index (χ1) is 11.5. The third-order valence-electron chi connectivity index (χ3n) is 4.86. The molecule has 130 valence electrons. The van der Waals surface area contributed by atoms with Gasteiger partial charge in [-0.15, -0.1) is 0 Å². The van der Waals surface area contributed by atoms with Gasteiger partial charge in [0.05, 0.1) is 5.56 Å². The van der Waals surface area contributed by atoms with Crippen LogP contribution in [0.4, 0.5) is 8.78 Å². The number of benzene rings is 1.